The fraction of sp³-hybridized carbons (Fsp3) is 0.250. The van der Waals surface area contributed by atoms with E-state index in [1.54, 1.807) is 31.2 Å². The van der Waals surface area contributed by atoms with Gasteiger partial charge in [-0.15, -0.1) is 5.23 Å². The van der Waals surface area contributed by atoms with Crippen LogP contribution in [0.25, 0.3) is 0 Å². The van der Waals surface area contributed by atoms with E-state index < -0.39 is 0 Å². The van der Waals surface area contributed by atoms with Crippen LogP contribution in [-0.4, -0.2) is 11.8 Å². The van der Waals surface area contributed by atoms with Crippen LogP contribution < -0.4 is 11.0 Å². The normalized spacial score (nSPS) is 9.83. The summed E-state index contributed by atoms with van der Waals surface area (Å²) in [5, 5.41) is 9.90. The van der Waals surface area contributed by atoms with Crippen molar-refractivity contribution in [3.05, 3.63) is 24.3 Å². The van der Waals surface area contributed by atoms with Gasteiger partial charge in [0.05, 0.1) is 12.3 Å². The summed E-state index contributed by atoms with van der Waals surface area (Å²) in [6, 6.07) is 6.73. The fourth-order valence-corrected chi connectivity index (χ4v) is 0.799. The Balaban J connectivity index is 2.68. The molecule has 1 aromatic rings. The van der Waals surface area contributed by atoms with E-state index in [2.05, 4.69) is 0 Å². The molecule has 1 rings (SSSR count). The Bertz CT molecular complexity index is 235. The Morgan fingerprint density at radius 2 is 2.00 bits per heavy atom. The molecule has 0 aliphatic carbocycles. The quantitative estimate of drug-likeness (QED) is 0.529. The standard InChI is InChI=1S/C8H12N2O2/c1-2-12-10(11)8-5-3-7(9)4-6-8/h3-6,11H,2,9H2,1H3. The predicted molar refractivity (Wildman–Crippen MR) is 46.7 cm³/mol. The number of rotatable bonds is 3. The molecule has 0 aliphatic rings. The number of hydrogen-bond donors (Lipinski definition) is 2. The highest BCUT2D eigenvalue weighted by Crippen LogP contribution is 2.14. The number of hydrogen-bond acceptors (Lipinski definition) is 4. The van der Waals surface area contributed by atoms with Gasteiger partial charge in [0.25, 0.3) is 0 Å². The van der Waals surface area contributed by atoms with Gasteiger partial charge in [0.1, 0.15) is 0 Å². The molecule has 0 aromatic heterocycles. The summed E-state index contributed by atoms with van der Waals surface area (Å²) in [6.07, 6.45) is 0. The first kappa shape index (κ1) is 8.83. The molecule has 0 amide bonds. The molecule has 12 heavy (non-hydrogen) atoms. The lowest BCUT2D eigenvalue weighted by atomic mass is 10.3. The van der Waals surface area contributed by atoms with Crippen molar-refractivity contribution in [3.8, 4) is 0 Å². The summed E-state index contributed by atoms with van der Waals surface area (Å²) in [4.78, 5) is 4.82. The van der Waals surface area contributed by atoms with E-state index in [0.29, 0.717) is 18.0 Å². The highest BCUT2D eigenvalue weighted by atomic mass is 16.9. The van der Waals surface area contributed by atoms with Crippen molar-refractivity contribution in [3.63, 3.8) is 0 Å². The van der Waals surface area contributed by atoms with Gasteiger partial charge in [0.15, 0.2) is 0 Å². The van der Waals surface area contributed by atoms with E-state index in [0.717, 1.165) is 5.23 Å². The summed E-state index contributed by atoms with van der Waals surface area (Å²) in [7, 11) is 0. The summed E-state index contributed by atoms with van der Waals surface area (Å²) in [6.45, 7) is 2.21. The average molecular weight is 168 g/mol. The van der Waals surface area contributed by atoms with Gasteiger partial charge < -0.3 is 5.73 Å². The van der Waals surface area contributed by atoms with E-state index in [1.165, 1.54) is 0 Å². The van der Waals surface area contributed by atoms with Gasteiger partial charge in [-0.2, -0.15) is 0 Å². The molecule has 0 spiro atoms. The summed E-state index contributed by atoms with van der Waals surface area (Å²) in [5.41, 5.74) is 6.68. The van der Waals surface area contributed by atoms with Crippen molar-refractivity contribution in [2.45, 2.75) is 6.92 Å². The molecule has 0 bridgehead atoms. The van der Waals surface area contributed by atoms with Crippen LogP contribution in [0.2, 0.25) is 0 Å². The fourth-order valence-electron chi connectivity index (χ4n) is 0.799. The monoisotopic (exact) mass is 168 g/mol. The summed E-state index contributed by atoms with van der Waals surface area (Å²) in [5.74, 6) is 0. The van der Waals surface area contributed by atoms with Crippen molar-refractivity contribution < 1.29 is 10.0 Å². The molecule has 4 heteroatoms. The number of nitrogen functional groups attached to an aromatic ring is 1. The van der Waals surface area contributed by atoms with Gasteiger partial charge in [-0.25, -0.2) is 4.84 Å². The minimum absolute atomic E-state index is 0.418. The topological polar surface area (TPSA) is 58.7 Å². The van der Waals surface area contributed by atoms with Crippen molar-refractivity contribution in [2.24, 2.45) is 0 Å². The SMILES string of the molecule is CCON(O)c1ccc(N)cc1. The molecule has 3 N–H and O–H groups in total. The molecule has 0 heterocycles. The lowest BCUT2D eigenvalue weighted by Crippen LogP contribution is -2.18. The van der Waals surface area contributed by atoms with Crippen molar-refractivity contribution in [1.29, 1.82) is 0 Å². The van der Waals surface area contributed by atoms with E-state index >= 15 is 0 Å². The molecule has 0 radical (unpaired) electrons. The highest BCUT2D eigenvalue weighted by Gasteiger charge is 2.00. The Labute approximate surface area is 71.1 Å². The molecule has 0 aliphatic heterocycles. The van der Waals surface area contributed by atoms with Gasteiger partial charge in [-0.1, -0.05) is 0 Å². The molecule has 0 atom stereocenters. The third-order valence-corrected chi connectivity index (χ3v) is 1.37. The van der Waals surface area contributed by atoms with Gasteiger partial charge in [0, 0.05) is 5.69 Å². The molecule has 0 saturated heterocycles. The van der Waals surface area contributed by atoms with E-state index in [4.69, 9.17) is 10.6 Å². The Kier molecular flexibility index (Phi) is 2.90. The zero-order valence-electron chi connectivity index (χ0n) is 6.90. The number of benzene rings is 1. The molecule has 4 nitrogen and oxygen atoms in total. The lowest BCUT2D eigenvalue weighted by molar-refractivity contribution is -0.0352. The minimum atomic E-state index is 0.418. The maximum Gasteiger partial charge on any atom is 0.0946 e. The van der Waals surface area contributed by atoms with Crippen molar-refractivity contribution >= 4 is 11.4 Å². The molecule has 0 saturated carbocycles. The average Bonchev–Trinajstić information content (AvgIpc) is 2.06. The molecular weight excluding hydrogens is 156 g/mol. The van der Waals surface area contributed by atoms with Gasteiger partial charge in [-0.05, 0) is 31.2 Å². The zero-order valence-corrected chi connectivity index (χ0v) is 6.90. The second kappa shape index (κ2) is 3.94. The first-order valence-electron chi connectivity index (χ1n) is 3.71. The summed E-state index contributed by atoms with van der Waals surface area (Å²) >= 11 is 0. The first-order chi connectivity index (χ1) is 5.74. The second-order valence-corrected chi connectivity index (χ2v) is 2.28. The highest BCUT2D eigenvalue weighted by molar-refractivity contribution is 5.50. The smallest absolute Gasteiger partial charge is 0.0946 e. The molecule has 66 valence electrons. The van der Waals surface area contributed by atoms with Crippen LogP contribution in [0.5, 0.6) is 0 Å². The minimum Gasteiger partial charge on any atom is -0.399 e. The Morgan fingerprint density at radius 1 is 1.42 bits per heavy atom. The van der Waals surface area contributed by atoms with Crippen molar-refractivity contribution in [1.82, 2.24) is 0 Å². The maximum absolute atomic E-state index is 9.18. The van der Waals surface area contributed by atoms with Crippen LogP contribution in [0.15, 0.2) is 24.3 Å². The number of anilines is 2. The first-order valence-corrected chi connectivity index (χ1v) is 3.71. The van der Waals surface area contributed by atoms with Gasteiger partial charge >= 0.3 is 0 Å². The zero-order chi connectivity index (χ0) is 8.97. The van der Waals surface area contributed by atoms with Crippen LogP contribution in [0.4, 0.5) is 11.4 Å². The van der Waals surface area contributed by atoms with Gasteiger partial charge in [-0.3, -0.25) is 5.21 Å². The molecule has 0 fully saturated rings. The van der Waals surface area contributed by atoms with E-state index in [1.807, 2.05) is 0 Å². The lowest BCUT2D eigenvalue weighted by Gasteiger charge is -2.14. The van der Waals surface area contributed by atoms with Crippen molar-refractivity contribution in [2.75, 3.05) is 17.6 Å². The van der Waals surface area contributed by atoms with Gasteiger partial charge in [0.2, 0.25) is 0 Å². The van der Waals surface area contributed by atoms with Crippen LogP contribution in [0, 0.1) is 0 Å². The maximum atomic E-state index is 9.18. The van der Waals surface area contributed by atoms with Crippen LogP contribution in [-0.2, 0) is 4.84 Å². The molecule has 1 aromatic carbocycles. The Morgan fingerprint density at radius 3 is 2.50 bits per heavy atom. The molecule has 0 unspecified atom stereocenters. The Hall–Kier alpha value is -1.26. The number of nitrogens with two attached hydrogens (primary N) is 1. The second-order valence-electron chi connectivity index (χ2n) is 2.28. The van der Waals surface area contributed by atoms with Crippen LogP contribution in [0.1, 0.15) is 6.92 Å². The third kappa shape index (κ3) is 2.11. The van der Waals surface area contributed by atoms with E-state index in [-0.39, 0.29) is 0 Å². The largest absolute Gasteiger partial charge is 0.399 e. The van der Waals surface area contributed by atoms with Crippen LogP contribution in [0.3, 0.4) is 0 Å². The van der Waals surface area contributed by atoms with Crippen LogP contribution >= 0.6 is 0 Å². The number of nitrogens with zero attached hydrogens (tertiary/aromatic N) is 1. The predicted octanol–water partition coefficient (Wildman–Crippen LogP) is 1.42. The molecular formula is C8H12N2O2. The third-order valence-electron chi connectivity index (χ3n) is 1.37. The van der Waals surface area contributed by atoms with E-state index in [9.17, 15) is 5.21 Å². The summed E-state index contributed by atoms with van der Waals surface area (Å²) < 4.78 is 0.